The van der Waals surface area contributed by atoms with Crippen LogP contribution in [0.25, 0.3) is 10.9 Å². The van der Waals surface area contributed by atoms with Crippen molar-refractivity contribution in [1.82, 2.24) is 4.98 Å². The summed E-state index contributed by atoms with van der Waals surface area (Å²) in [5, 5.41) is 1.19. The van der Waals surface area contributed by atoms with E-state index >= 15 is 0 Å². The van der Waals surface area contributed by atoms with Crippen molar-refractivity contribution in [2.75, 3.05) is 0 Å². The van der Waals surface area contributed by atoms with E-state index in [1.165, 1.54) is 16.5 Å². The van der Waals surface area contributed by atoms with Gasteiger partial charge in [-0.1, -0.05) is 19.1 Å². The Kier molecular flexibility index (Phi) is 2.58. The van der Waals surface area contributed by atoms with Gasteiger partial charge in [-0.3, -0.25) is 4.79 Å². The Hall–Kier alpha value is -1.57. The molecule has 0 aliphatic carbocycles. The predicted molar refractivity (Wildman–Crippen MR) is 67.2 cm³/mol. The number of H-pyrrole nitrogens is 1. The van der Waals surface area contributed by atoms with Crippen LogP contribution in [0.3, 0.4) is 0 Å². The van der Waals surface area contributed by atoms with E-state index in [9.17, 15) is 4.79 Å². The number of rotatable bonds is 2. The molecule has 1 N–H and O–H groups in total. The maximum atomic E-state index is 11.6. The fourth-order valence-electron chi connectivity index (χ4n) is 2.23. The molecule has 0 aliphatic heterocycles. The SMILES string of the molecule is CCc1c(C(C)=O)[nH]c2c(C)c(C)ccc12. The minimum Gasteiger partial charge on any atom is -0.352 e. The first kappa shape index (κ1) is 10.9. The van der Waals surface area contributed by atoms with Gasteiger partial charge in [0.05, 0.1) is 5.69 Å². The second-order valence-corrected chi connectivity index (χ2v) is 4.32. The van der Waals surface area contributed by atoms with Gasteiger partial charge in [0.1, 0.15) is 0 Å². The first-order valence-electron chi connectivity index (χ1n) is 5.68. The van der Waals surface area contributed by atoms with Gasteiger partial charge < -0.3 is 4.98 Å². The topological polar surface area (TPSA) is 32.9 Å². The summed E-state index contributed by atoms with van der Waals surface area (Å²) < 4.78 is 0. The molecular formula is C14H17NO. The average Bonchev–Trinajstić information content (AvgIpc) is 2.62. The third kappa shape index (κ3) is 1.45. The maximum Gasteiger partial charge on any atom is 0.176 e. The van der Waals surface area contributed by atoms with Crippen LogP contribution in [0.2, 0.25) is 0 Å². The van der Waals surface area contributed by atoms with Crippen LogP contribution in [-0.4, -0.2) is 10.8 Å². The standard InChI is InChI=1S/C14H17NO/c1-5-11-12-7-6-8(2)9(3)13(12)15-14(11)10(4)16/h6-7,15H,5H2,1-4H3. The highest BCUT2D eigenvalue weighted by molar-refractivity contribution is 6.01. The molecule has 0 fully saturated rings. The number of aromatic amines is 1. The Labute approximate surface area is 95.7 Å². The predicted octanol–water partition coefficient (Wildman–Crippen LogP) is 3.55. The number of ketones is 1. The number of hydrogen-bond acceptors (Lipinski definition) is 1. The minimum atomic E-state index is 0.116. The van der Waals surface area contributed by atoms with Crippen LogP contribution in [0.15, 0.2) is 12.1 Å². The number of carbonyl (C=O) groups excluding carboxylic acids is 1. The quantitative estimate of drug-likeness (QED) is 0.763. The van der Waals surface area contributed by atoms with Crippen molar-refractivity contribution >= 4 is 16.7 Å². The molecule has 0 amide bonds. The van der Waals surface area contributed by atoms with E-state index in [0.717, 1.165) is 23.2 Å². The van der Waals surface area contributed by atoms with Gasteiger partial charge in [-0.15, -0.1) is 0 Å². The van der Waals surface area contributed by atoms with E-state index < -0.39 is 0 Å². The summed E-state index contributed by atoms with van der Waals surface area (Å²) in [6.07, 6.45) is 0.886. The number of aromatic nitrogens is 1. The number of nitrogens with one attached hydrogen (secondary N) is 1. The number of carbonyl (C=O) groups is 1. The van der Waals surface area contributed by atoms with E-state index in [1.54, 1.807) is 6.92 Å². The minimum absolute atomic E-state index is 0.116. The second kappa shape index (κ2) is 3.78. The number of benzene rings is 1. The maximum absolute atomic E-state index is 11.6. The van der Waals surface area contributed by atoms with Gasteiger partial charge in [-0.2, -0.15) is 0 Å². The molecule has 0 saturated heterocycles. The molecule has 0 spiro atoms. The van der Waals surface area contributed by atoms with Crippen molar-refractivity contribution in [3.63, 3.8) is 0 Å². The molecule has 0 saturated carbocycles. The summed E-state index contributed by atoms with van der Waals surface area (Å²) in [5.41, 5.74) is 5.52. The molecule has 0 unspecified atom stereocenters. The Morgan fingerprint density at radius 2 is 2.00 bits per heavy atom. The molecule has 1 heterocycles. The lowest BCUT2D eigenvalue weighted by Crippen LogP contribution is -1.96. The van der Waals surface area contributed by atoms with Crippen molar-refractivity contribution in [3.8, 4) is 0 Å². The number of hydrogen-bond donors (Lipinski definition) is 1. The van der Waals surface area contributed by atoms with Crippen molar-refractivity contribution in [2.45, 2.75) is 34.1 Å². The highest BCUT2D eigenvalue weighted by atomic mass is 16.1. The monoisotopic (exact) mass is 215 g/mol. The molecule has 2 nitrogen and oxygen atoms in total. The molecule has 84 valence electrons. The molecule has 2 aromatic rings. The zero-order valence-corrected chi connectivity index (χ0v) is 10.3. The molecule has 1 aromatic carbocycles. The lowest BCUT2D eigenvalue weighted by atomic mass is 10.0. The molecule has 0 bridgehead atoms. The average molecular weight is 215 g/mol. The summed E-state index contributed by atoms with van der Waals surface area (Å²) in [4.78, 5) is 14.8. The number of aryl methyl sites for hydroxylation is 3. The van der Waals surface area contributed by atoms with E-state index in [2.05, 4.69) is 37.9 Å². The van der Waals surface area contributed by atoms with Gasteiger partial charge in [-0.25, -0.2) is 0 Å². The molecule has 16 heavy (non-hydrogen) atoms. The van der Waals surface area contributed by atoms with E-state index in [0.29, 0.717) is 0 Å². The molecule has 2 rings (SSSR count). The van der Waals surface area contributed by atoms with Crippen molar-refractivity contribution < 1.29 is 4.79 Å². The third-order valence-corrected chi connectivity index (χ3v) is 3.32. The number of fused-ring (bicyclic) bond motifs is 1. The molecular weight excluding hydrogens is 198 g/mol. The Balaban J connectivity index is 2.87. The fourth-order valence-corrected chi connectivity index (χ4v) is 2.23. The molecule has 0 aliphatic rings. The Morgan fingerprint density at radius 3 is 2.56 bits per heavy atom. The van der Waals surface area contributed by atoms with Crippen LogP contribution in [0, 0.1) is 13.8 Å². The van der Waals surface area contributed by atoms with Crippen LogP contribution in [-0.2, 0) is 6.42 Å². The Morgan fingerprint density at radius 1 is 1.31 bits per heavy atom. The summed E-state index contributed by atoms with van der Waals surface area (Å²) >= 11 is 0. The smallest absolute Gasteiger partial charge is 0.176 e. The van der Waals surface area contributed by atoms with Crippen LogP contribution in [0.5, 0.6) is 0 Å². The van der Waals surface area contributed by atoms with E-state index in [-0.39, 0.29) is 5.78 Å². The van der Waals surface area contributed by atoms with Crippen LogP contribution in [0.4, 0.5) is 0 Å². The van der Waals surface area contributed by atoms with Gasteiger partial charge in [-0.05, 0) is 37.0 Å². The molecule has 0 radical (unpaired) electrons. The summed E-state index contributed by atoms with van der Waals surface area (Å²) in [5.74, 6) is 0.116. The summed E-state index contributed by atoms with van der Waals surface area (Å²) in [6.45, 7) is 7.89. The van der Waals surface area contributed by atoms with E-state index in [4.69, 9.17) is 0 Å². The largest absolute Gasteiger partial charge is 0.352 e. The first-order chi connectivity index (χ1) is 7.56. The third-order valence-electron chi connectivity index (χ3n) is 3.32. The first-order valence-corrected chi connectivity index (χ1v) is 5.68. The van der Waals surface area contributed by atoms with Crippen molar-refractivity contribution in [1.29, 1.82) is 0 Å². The highest BCUT2D eigenvalue weighted by Crippen LogP contribution is 2.27. The zero-order chi connectivity index (χ0) is 11.9. The molecule has 2 heteroatoms. The number of Topliss-reactive ketones (excluding diaryl/α,β-unsaturated/α-hetero) is 1. The van der Waals surface area contributed by atoms with Gasteiger partial charge in [0, 0.05) is 17.8 Å². The molecule has 0 atom stereocenters. The van der Waals surface area contributed by atoms with Crippen molar-refractivity contribution in [3.05, 3.63) is 34.5 Å². The highest BCUT2D eigenvalue weighted by Gasteiger charge is 2.14. The van der Waals surface area contributed by atoms with Crippen molar-refractivity contribution in [2.24, 2.45) is 0 Å². The van der Waals surface area contributed by atoms with Gasteiger partial charge >= 0.3 is 0 Å². The van der Waals surface area contributed by atoms with E-state index in [1.807, 2.05) is 0 Å². The van der Waals surface area contributed by atoms with Crippen LogP contribution < -0.4 is 0 Å². The lowest BCUT2D eigenvalue weighted by molar-refractivity contribution is 0.101. The summed E-state index contributed by atoms with van der Waals surface area (Å²) in [6, 6.07) is 4.23. The second-order valence-electron chi connectivity index (χ2n) is 4.32. The molecule has 1 aromatic heterocycles. The normalized spacial score (nSPS) is 11.0. The van der Waals surface area contributed by atoms with Gasteiger partial charge in [0.25, 0.3) is 0 Å². The fraction of sp³-hybridized carbons (Fsp3) is 0.357. The summed E-state index contributed by atoms with van der Waals surface area (Å²) in [7, 11) is 0. The van der Waals surface area contributed by atoms with Crippen LogP contribution >= 0.6 is 0 Å². The van der Waals surface area contributed by atoms with Gasteiger partial charge in [0.15, 0.2) is 5.78 Å². The van der Waals surface area contributed by atoms with Gasteiger partial charge in [0.2, 0.25) is 0 Å². The Bertz CT molecular complexity index is 564. The lowest BCUT2D eigenvalue weighted by Gasteiger charge is -2.01. The van der Waals surface area contributed by atoms with Crippen LogP contribution in [0.1, 0.15) is 41.0 Å². The zero-order valence-electron chi connectivity index (χ0n) is 10.3.